The third-order valence-corrected chi connectivity index (χ3v) is 7.70. The Kier molecular flexibility index (Phi) is 7.79. The predicted octanol–water partition coefficient (Wildman–Crippen LogP) is 5.07. The van der Waals surface area contributed by atoms with Crippen molar-refractivity contribution in [1.82, 2.24) is 14.4 Å². The molecule has 180 valence electrons. The van der Waals surface area contributed by atoms with Crippen LogP contribution in [-0.4, -0.2) is 53.1 Å². The first-order valence-corrected chi connectivity index (χ1v) is 12.7. The van der Waals surface area contributed by atoms with Gasteiger partial charge in [0, 0.05) is 63.0 Å². The summed E-state index contributed by atoms with van der Waals surface area (Å²) in [6, 6.07) is 13.3. The number of methoxy groups -OCH3 is 1. The summed E-state index contributed by atoms with van der Waals surface area (Å²) in [5, 5.41) is 0. The van der Waals surface area contributed by atoms with Gasteiger partial charge in [-0.3, -0.25) is 9.69 Å². The van der Waals surface area contributed by atoms with Gasteiger partial charge >= 0.3 is 0 Å². The van der Waals surface area contributed by atoms with Crippen molar-refractivity contribution in [2.24, 2.45) is 18.9 Å². The number of amides is 1. The zero-order valence-corrected chi connectivity index (χ0v) is 20.9. The largest absolute Gasteiger partial charge is 0.497 e. The van der Waals surface area contributed by atoms with Gasteiger partial charge in [-0.15, -0.1) is 0 Å². The maximum absolute atomic E-state index is 13.3. The number of carbonyl (C=O) groups is 1. The Morgan fingerprint density at radius 1 is 1.12 bits per heavy atom. The van der Waals surface area contributed by atoms with Crippen LogP contribution in [0.2, 0.25) is 0 Å². The molecule has 2 fully saturated rings. The molecule has 0 bridgehead atoms. The Bertz CT molecular complexity index is 915. The van der Waals surface area contributed by atoms with E-state index >= 15 is 0 Å². The third kappa shape index (κ3) is 5.63. The van der Waals surface area contributed by atoms with Crippen molar-refractivity contribution < 1.29 is 9.53 Å². The minimum atomic E-state index is 0.0445. The molecule has 1 saturated heterocycles. The van der Waals surface area contributed by atoms with Gasteiger partial charge in [-0.2, -0.15) is 0 Å². The van der Waals surface area contributed by atoms with E-state index < -0.39 is 0 Å². The van der Waals surface area contributed by atoms with Gasteiger partial charge in [-0.05, 0) is 48.6 Å². The smallest absolute Gasteiger partial charge is 0.225 e. The Hall–Kier alpha value is -2.27. The number of aromatic nitrogens is 1. The van der Waals surface area contributed by atoms with Crippen molar-refractivity contribution in [3.05, 3.63) is 53.9 Å². The van der Waals surface area contributed by atoms with Crippen LogP contribution < -0.4 is 4.74 Å². The zero-order chi connectivity index (χ0) is 23.4. The number of nitrogens with zero attached hydrogens (tertiary/aromatic N) is 3. The molecule has 0 spiro atoms. The molecule has 2 aliphatic rings. The summed E-state index contributed by atoms with van der Waals surface area (Å²) in [6.07, 6.45) is 8.23. The molecule has 2 heterocycles. The topological polar surface area (TPSA) is 37.7 Å². The van der Waals surface area contributed by atoms with Crippen molar-refractivity contribution in [3.63, 3.8) is 0 Å². The molecule has 2 aromatic rings. The highest BCUT2D eigenvalue weighted by atomic mass is 16.5. The number of hydrogen-bond acceptors (Lipinski definition) is 3. The van der Waals surface area contributed by atoms with Gasteiger partial charge in [0.15, 0.2) is 0 Å². The number of rotatable bonds is 8. The van der Waals surface area contributed by atoms with E-state index in [1.165, 1.54) is 30.5 Å². The summed E-state index contributed by atoms with van der Waals surface area (Å²) in [7, 11) is 3.85. The highest BCUT2D eigenvalue weighted by molar-refractivity contribution is 5.78. The minimum Gasteiger partial charge on any atom is -0.497 e. The number of hydrogen-bond donors (Lipinski definition) is 0. The molecular weight excluding hydrogens is 410 g/mol. The number of benzene rings is 1. The average Bonchev–Trinajstić information content (AvgIpc) is 3.43. The number of ether oxygens (including phenoxy) is 1. The number of likely N-dealkylation sites (tertiary alicyclic amines) is 1. The van der Waals surface area contributed by atoms with E-state index in [2.05, 4.69) is 57.9 Å². The molecule has 2 atom stereocenters. The SMILES string of the molecule is COc1cccc(C2CN(Cc3cccn3C)CC2CN(C(=O)C(C)C)C2CCCCC2)c1. The first kappa shape index (κ1) is 23.9. The van der Waals surface area contributed by atoms with Crippen molar-refractivity contribution in [3.8, 4) is 5.75 Å². The van der Waals surface area contributed by atoms with Crippen LogP contribution in [0.15, 0.2) is 42.6 Å². The van der Waals surface area contributed by atoms with Crippen molar-refractivity contribution in [2.75, 3.05) is 26.7 Å². The predicted molar refractivity (Wildman–Crippen MR) is 133 cm³/mol. The van der Waals surface area contributed by atoms with Gasteiger partial charge in [0.2, 0.25) is 5.91 Å². The molecule has 0 radical (unpaired) electrons. The highest BCUT2D eigenvalue weighted by Crippen LogP contribution is 2.37. The molecule has 1 aromatic carbocycles. The standard InChI is InChI=1S/C28H41N3O2/c1-21(2)28(32)31(24-11-6-5-7-12-24)18-23-17-30(19-25-13-9-15-29(25)3)20-27(23)22-10-8-14-26(16-22)33-4/h8-10,13-16,21,23-24,27H,5-7,11-12,17-20H2,1-4H3. The summed E-state index contributed by atoms with van der Waals surface area (Å²) in [4.78, 5) is 18.2. The van der Waals surface area contributed by atoms with Crippen LogP contribution in [0.1, 0.15) is 63.1 Å². The molecule has 2 unspecified atom stereocenters. The Balaban J connectivity index is 1.59. The van der Waals surface area contributed by atoms with E-state index in [0.717, 1.165) is 44.8 Å². The summed E-state index contributed by atoms with van der Waals surface area (Å²) >= 11 is 0. The lowest BCUT2D eigenvalue weighted by molar-refractivity contribution is -0.138. The quantitative estimate of drug-likeness (QED) is 0.563. The molecule has 1 aromatic heterocycles. The van der Waals surface area contributed by atoms with Gasteiger partial charge in [0.1, 0.15) is 5.75 Å². The van der Waals surface area contributed by atoms with Crippen LogP contribution in [0.5, 0.6) is 5.75 Å². The maximum Gasteiger partial charge on any atom is 0.225 e. The van der Waals surface area contributed by atoms with E-state index in [1.807, 2.05) is 19.9 Å². The molecular formula is C28H41N3O2. The van der Waals surface area contributed by atoms with Gasteiger partial charge < -0.3 is 14.2 Å². The lowest BCUT2D eigenvalue weighted by Crippen LogP contribution is -2.47. The molecule has 0 N–H and O–H groups in total. The van der Waals surface area contributed by atoms with Gasteiger partial charge in [-0.25, -0.2) is 0 Å². The summed E-state index contributed by atoms with van der Waals surface area (Å²) in [6.45, 7) is 7.93. The Labute approximate surface area is 199 Å². The molecule has 1 amide bonds. The fourth-order valence-corrected chi connectivity index (χ4v) is 5.81. The molecule has 4 rings (SSSR count). The lowest BCUT2D eigenvalue weighted by atomic mass is 9.86. The molecule has 5 nitrogen and oxygen atoms in total. The summed E-state index contributed by atoms with van der Waals surface area (Å²) < 4.78 is 7.75. The highest BCUT2D eigenvalue weighted by Gasteiger charge is 2.38. The third-order valence-electron chi connectivity index (χ3n) is 7.70. The van der Waals surface area contributed by atoms with E-state index in [4.69, 9.17) is 4.74 Å². The van der Waals surface area contributed by atoms with Crippen molar-refractivity contribution in [1.29, 1.82) is 0 Å². The van der Waals surface area contributed by atoms with Gasteiger partial charge in [0.05, 0.1) is 7.11 Å². The zero-order valence-electron chi connectivity index (χ0n) is 20.9. The van der Waals surface area contributed by atoms with Crippen LogP contribution in [0.25, 0.3) is 0 Å². The second-order valence-corrected chi connectivity index (χ2v) is 10.4. The lowest BCUT2D eigenvalue weighted by Gasteiger charge is -2.38. The van der Waals surface area contributed by atoms with Crippen LogP contribution >= 0.6 is 0 Å². The average molecular weight is 452 g/mol. The fourth-order valence-electron chi connectivity index (χ4n) is 5.81. The van der Waals surface area contributed by atoms with Crippen LogP contribution in [-0.2, 0) is 18.4 Å². The number of carbonyl (C=O) groups excluding carboxylic acids is 1. The summed E-state index contributed by atoms with van der Waals surface area (Å²) in [5.74, 6) is 2.10. The van der Waals surface area contributed by atoms with E-state index in [1.54, 1.807) is 7.11 Å². The van der Waals surface area contributed by atoms with Gasteiger partial charge in [-0.1, -0.05) is 45.2 Å². The second-order valence-electron chi connectivity index (χ2n) is 10.4. The Morgan fingerprint density at radius 2 is 1.91 bits per heavy atom. The van der Waals surface area contributed by atoms with E-state index in [9.17, 15) is 4.79 Å². The first-order chi connectivity index (χ1) is 16.0. The molecule has 1 aliphatic carbocycles. The fraction of sp³-hybridized carbons (Fsp3) is 0.607. The Morgan fingerprint density at radius 3 is 2.58 bits per heavy atom. The molecule has 33 heavy (non-hydrogen) atoms. The number of aryl methyl sites for hydroxylation is 1. The maximum atomic E-state index is 13.3. The molecule has 1 saturated carbocycles. The van der Waals surface area contributed by atoms with Crippen LogP contribution in [0, 0.1) is 11.8 Å². The normalized spacial score (nSPS) is 22.1. The molecule has 1 aliphatic heterocycles. The second kappa shape index (κ2) is 10.8. The minimum absolute atomic E-state index is 0.0445. The summed E-state index contributed by atoms with van der Waals surface area (Å²) in [5.41, 5.74) is 2.66. The first-order valence-electron chi connectivity index (χ1n) is 12.7. The van der Waals surface area contributed by atoms with Gasteiger partial charge in [0.25, 0.3) is 0 Å². The van der Waals surface area contributed by atoms with E-state index in [0.29, 0.717) is 23.8 Å². The van der Waals surface area contributed by atoms with Crippen molar-refractivity contribution in [2.45, 2.75) is 64.5 Å². The van der Waals surface area contributed by atoms with Crippen LogP contribution in [0.4, 0.5) is 0 Å². The van der Waals surface area contributed by atoms with Crippen LogP contribution in [0.3, 0.4) is 0 Å². The molecule has 5 heteroatoms. The van der Waals surface area contributed by atoms with Crippen molar-refractivity contribution >= 4 is 5.91 Å². The van der Waals surface area contributed by atoms with E-state index in [-0.39, 0.29) is 5.92 Å². The monoisotopic (exact) mass is 451 g/mol.